The number of anilines is 1. The molecule has 5 heteroatoms. The Morgan fingerprint density at radius 3 is 2.81 bits per heavy atom. The van der Waals surface area contributed by atoms with Gasteiger partial charge in [-0.05, 0) is 54.2 Å². The molecular formula is C16H21BrN2O2. The van der Waals surface area contributed by atoms with E-state index in [1.165, 1.54) is 19.3 Å². The molecule has 1 atom stereocenters. The van der Waals surface area contributed by atoms with Crippen molar-refractivity contribution in [3.63, 3.8) is 0 Å². The van der Waals surface area contributed by atoms with Crippen LogP contribution in [0.5, 0.6) is 5.75 Å². The summed E-state index contributed by atoms with van der Waals surface area (Å²) in [4.78, 5) is 12.0. The lowest BCUT2D eigenvalue weighted by molar-refractivity contribution is -0.117. The highest BCUT2D eigenvalue weighted by molar-refractivity contribution is 9.10. The van der Waals surface area contributed by atoms with Crippen LogP contribution in [0.1, 0.15) is 50.6 Å². The fourth-order valence-electron chi connectivity index (χ4n) is 3.12. The zero-order valence-corrected chi connectivity index (χ0v) is 13.8. The Kier molecular flexibility index (Phi) is 4.50. The summed E-state index contributed by atoms with van der Waals surface area (Å²) < 4.78 is 7.05. The van der Waals surface area contributed by atoms with Gasteiger partial charge in [-0.2, -0.15) is 0 Å². The molecule has 1 unspecified atom stereocenters. The third kappa shape index (κ3) is 3.09. The molecule has 21 heavy (non-hydrogen) atoms. The molecule has 1 aliphatic carbocycles. The van der Waals surface area contributed by atoms with E-state index in [2.05, 4.69) is 26.6 Å². The normalized spacial score (nSPS) is 22.0. The minimum absolute atomic E-state index is 0.00793. The first-order valence-electron chi connectivity index (χ1n) is 7.73. The topological polar surface area (TPSA) is 50.4 Å². The number of likely N-dealkylation sites (N-methyl/N-ethyl adjacent to an activating group) is 1. The summed E-state index contributed by atoms with van der Waals surface area (Å²) in [7, 11) is 0. The number of amides is 1. The molecule has 0 aromatic heterocycles. The van der Waals surface area contributed by atoms with Crippen LogP contribution in [0.15, 0.2) is 16.6 Å². The molecule has 0 radical (unpaired) electrons. The van der Waals surface area contributed by atoms with Gasteiger partial charge in [-0.1, -0.05) is 13.3 Å². The molecule has 3 rings (SSSR count). The van der Waals surface area contributed by atoms with Crippen molar-refractivity contribution in [1.29, 1.82) is 0 Å². The molecule has 1 aromatic carbocycles. The maximum absolute atomic E-state index is 12.0. The molecule has 2 aliphatic rings. The van der Waals surface area contributed by atoms with Gasteiger partial charge in [0.2, 0.25) is 5.91 Å². The highest BCUT2D eigenvalue weighted by Gasteiger charge is 2.31. The van der Waals surface area contributed by atoms with Crippen LogP contribution in [0.2, 0.25) is 0 Å². The van der Waals surface area contributed by atoms with Crippen molar-refractivity contribution < 1.29 is 9.53 Å². The van der Waals surface area contributed by atoms with Gasteiger partial charge in [0.25, 0.3) is 0 Å². The number of carbonyl (C=O) groups is 1. The van der Waals surface area contributed by atoms with Crippen molar-refractivity contribution in [2.24, 2.45) is 0 Å². The monoisotopic (exact) mass is 352 g/mol. The lowest BCUT2D eigenvalue weighted by atomic mass is 9.98. The summed E-state index contributed by atoms with van der Waals surface area (Å²) in [5, 5.41) is 6.14. The fraction of sp³-hybridized carbons (Fsp3) is 0.562. The van der Waals surface area contributed by atoms with E-state index in [1.807, 2.05) is 19.1 Å². The van der Waals surface area contributed by atoms with Crippen LogP contribution in [-0.2, 0) is 4.79 Å². The Bertz CT molecular complexity index is 541. The molecule has 114 valence electrons. The SMILES string of the molecule is CCNC1C(=O)Nc2cc(OC3CCCCC3)c(Br)cc21. The molecule has 1 aromatic rings. The van der Waals surface area contributed by atoms with Gasteiger partial charge in [0.15, 0.2) is 0 Å². The zero-order chi connectivity index (χ0) is 14.8. The van der Waals surface area contributed by atoms with Gasteiger partial charge >= 0.3 is 0 Å². The lowest BCUT2D eigenvalue weighted by Gasteiger charge is -2.24. The molecule has 1 amide bonds. The Balaban J connectivity index is 1.81. The number of halogens is 1. The quantitative estimate of drug-likeness (QED) is 0.867. The Labute approximate surface area is 133 Å². The molecule has 2 N–H and O–H groups in total. The molecule has 4 nitrogen and oxygen atoms in total. The average molecular weight is 353 g/mol. The molecular weight excluding hydrogens is 332 g/mol. The second-order valence-electron chi connectivity index (χ2n) is 5.73. The number of nitrogens with one attached hydrogen (secondary N) is 2. The minimum Gasteiger partial charge on any atom is -0.489 e. The van der Waals surface area contributed by atoms with E-state index in [4.69, 9.17) is 4.74 Å². The highest BCUT2D eigenvalue weighted by atomic mass is 79.9. The number of rotatable bonds is 4. The van der Waals surface area contributed by atoms with Gasteiger partial charge in [0.05, 0.1) is 10.6 Å². The van der Waals surface area contributed by atoms with Crippen LogP contribution in [0.4, 0.5) is 5.69 Å². The zero-order valence-electron chi connectivity index (χ0n) is 12.2. The van der Waals surface area contributed by atoms with Crippen molar-refractivity contribution >= 4 is 27.5 Å². The van der Waals surface area contributed by atoms with Crippen LogP contribution >= 0.6 is 15.9 Å². The fourth-order valence-corrected chi connectivity index (χ4v) is 3.58. The maximum Gasteiger partial charge on any atom is 0.246 e. The second-order valence-corrected chi connectivity index (χ2v) is 6.58. The van der Waals surface area contributed by atoms with E-state index >= 15 is 0 Å². The molecule has 1 saturated carbocycles. The van der Waals surface area contributed by atoms with E-state index in [0.29, 0.717) is 6.10 Å². The van der Waals surface area contributed by atoms with Gasteiger partial charge in [-0.3, -0.25) is 4.79 Å². The number of ether oxygens (including phenoxy) is 1. The molecule has 0 spiro atoms. The summed E-state index contributed by atoms with van der Waals surface area (Å²) in [5.41, 5.74) is 1.85. The molecule has 1 fully saturated rings. The average Bonchev–Trinajstić information content (AvgIpc) is 2.77. The van der Waals surface area contributed by atoms with Crippen LogP contribution in [0.25, 0.3) is 0 Å². The minimum atomic E-state index is -0.259. The molecule has 1 heterocycles. The predicted molar refractivity (Wildman–Crippen MR) is 86.7 cm³/mol. The van der Waals surface area contributed by atoms with E-state index in [9.17, 15) is 4.79 Å². The van der Waals surface area contributed by atoms with E-state index < -0.39 is 0 Å². The van der Waals surface area contributed by atoms with E-state index in [1.54, 1.807) is 0 Å². The molecule has 0 bridgehead atoms. The highest BCUT2D eigenvalue weighted by Crippen LogP contribution is 2.39. The van der Waals surface area contributed by atoms with Crippen LogP contribution in [0, 0.1) is 0 Å². The first-order chi connectivity index (χ1) is 10.2. The molecule has 1 aliphatic heterocycles. The summed E-state index contributed by atoms with van der Waals surface area (Å²) in [6.07, 6.45) is 6.34. The standard InChI is InChI=1S/C16H21BrN2O2/c1-2-18-15-11-8-12(17)14(9-13(11)19-16(15)20)21-10-6-4-3-5-7-10/h8-10,15,18H,2-7H2,1H3,(H,19,20). The Morgan fingerprint density at radius 2 is 2.10 bits per heavy atom. The predicted octanol–water partition coefficient (Wildman–Crippen LogP) is 3.76. The van der Waals surface area contributed by atoms with E-state index in [0.717, 1.165) is 40.9 Å². The van der Waals surface area contributed by atoms with Crippen molar-refractivity contribution in [1.82, 2.24) is 5.32 Å². The summed E-state index contributed by atoms with van der Waals surface area (Å²) in [6.45, 7) is 2.76. The summed E-state index contributed by atoms with van der Waals surface area (Å²) >= 11 is 3.58. The van der Waals surface area contributed by atoms with Crippen LogP contribution in [0.3, 0.4) is 0 Å². The van der Waals surface area contributed by atoms with Crippen LogP contribution < -0.4 is 15.4 Å². The van der Waals surface area contributed by atoms with E-state index in [-0.39, 0.29) is 11.9 Å². The second kappa shape index (κ2) is 6.36. The smallest absolute Gasteiger partial charge is 0.246 e. The van der Waals surface area contributed by atoms with Gasteiger partial charge in [-0.25, -0.2) is 0 Å². The third-order valence-corrected chi connectivity index (χ3v) is 4.81. The van der Waals surface area contributed by atoms with Crippen LogP contribution in [-0.4, -0.2) is 18.6 Å². The lowest BCUT2D eigenvalue weighted by Crippen LogP contribution is -2.27. The Morgan fingerprint density at radius 1 is 1.33 bits per heavy atom. The van der Waals surface area contributed by atoms with Crippen molar-refractivity contribution in [2.75, 3.05) is 11.9 Å². The van der Waals surface area contributed by atoms with Gasteiger partial charge in [0, 0.05) is 17.3 Å². The maximum atomic E-state index is 12.0. The molecule has 0 saturated heterocycles. The first-order valence-corrected chi connectivity index (χ1v) is 8.52. The van der Waals surface area contributed by atoms with Crippen molar-refractivity contribution in [3.8, 4) is 5.75 Å². The third-order valence-electron chi connectivity index (χ3n) is 4.19. The largest absolute Gasteiger partial charge is 0.489 e. The first kappa shape index (κ1) is 14.9. The van der Waals surface area contributed by atoms with Gasteiger partial charge < -0.3 is 15.4 Å². The Hall–Kier alpha value is -1.07. The number of hydrogen-bond donors (Lipinski definition) is 2. The van der Waals surface area contributed by atoms with Gasteiger partial charge in [-0.15, -0.1) is 0 Å². The number of benzene rings is 1. The van der Waals surface area contributed by atoms with Gasteiger partial charge in [0.1, 0.15) is 11.8 Å². The van der Waals surface area contributed by atoms with Crippen molar-refractivity contribution in [2.45, 2.75) is 51.2 Å². The van der Waals surface area contributed by atoms with Crippen molar-refractivity contribution in [3.05, 3.63) is 22.2 Å². The number of carbonyl (C=O) groups excluding carboxylic acids is 1. The summed E-state index contributed by atoms with van der Waals surface area (Å²) in [6, 6.07) is 3.69. The number of hydrogen-bond acceptors (Lipinski definition) is 3. The summed E-state index contributed by atoms with van der Waals surface area (Å²) in [5.74, 6) is 0.840. The number of fused-ring (bicyclic) bond motifs is 1.